The van der Waals surface area contributed by atoms with Gasteiger partial charge in [0.25, 0.3) is 0 Å². The molecule has 3 heteroatoms. The van der Waals surface area contributed by atoms with Gasteiger partial charge in [0.05, 0.1) is 13.7 Å². The number of ether oxygens (including phenoxy) is 2. The molecule has 2 unspecified atom stereocenters. The van der Waals surface area contributed by atoms with Crippen molar-refractivity contribution in [2.24, 2.45) is 0 Å². The minimum Gasteiger partial charge on any atom is -0.497 e. The summed E-state index contributed by atoms with van der Waals surface area (Å²) in [6, 6.07) is 25.3. The molecule has 3 aromatic rings. The first-order valence-corrected chi connectivity index (χ1v) is 9.16. The quantitative estimate of drug-likeness (QED) is 0.561. The average Bonchev–Trinajstić information content (AvgIpc) is 2.68. The summed E-state index contributed by atoms with van der Waals surface area (Å²) in [4.78, 5) is 0. The molecule has 0 fully saturated rings. The van der Waals surface area contributed by atoms with Crippen LogP contribution >= 0.6 is 15.9 Å². The van der Waals surface area contributed by atoms with Gasteiger partial charge in [0.15, 0.2) is 0 Å². The van der Waals surface area contributed by atoms with Crippen LogP contribution in [0.25, 0.3) is 0 Å². The Morgan fingerprint density at radius 1 is 0.880 bits per heavy atom. The molecule has 1 aliphatic heterocycles. The zero-order valence-corrected chi connectivity index (χ0v) is 15.6. The molecular weight excluding hydrogens is 376 g/mol. The highest BCUT2D eigenvalue weighted by Gasteiger charge is 2.33. The molecule has 1 aliphatic rings. The molecule has 0 bridgehead atoms. The third kappa shape index (κ3) is 3.16. The van der Waals surface area contributed by atoms with Crippen LogP contribution < -0.4 is 9.47 Å². The Kier molecular flexibility index (Phi) is 4.50. The van der Waals surface area contributed by atoms with E-state index in [1.54, 1.807) is 7.11 Å². The van der Waals surface area contributed by atoms with Crippen molar-refractivity contribution in [3.05, 3.63) is 94.0 Å². The molecule has 0 N–H and O–H groups in total. The van der Waals surface area contributed by atoms with Crippen molar-refractivity contribution in [1.29, 1.82) is 0 Å². The molecule has 0 aliphatic carbocycles. The van der Waals surface area contributed by atoms with Crippen LogP contribution in [0.2, 0.25) is 0 Å². The largest absolute Gasteiger partial charge is 0.497 e. The van der Waals surface area contributed by atoms with Gasteiger partial charge in [-0.15, -0.1) is 0 Å². The third-order valence-electron chi connectivity index (χ3n) is 4.85. The Bertz CT molecular complexity index is 856. The van der Waals surface area contributed by atoms with Gasteiger partial charge in [0.1, 0.15) is 11.5 Å². The van der Waals surface area contributed by atoms with Crippen molar-refractivity contribution in [2.45, 2.75) is 11.8 Å². The fourth-order valence-electron chi connectivity index (χ4n) is 3.58. The lowest BCUT2D eigenvalue weighted by Crippen LogP contribution is -2.25. The monoisotopic (exact) mass is 394 g/mol. The predicted molar refractivity (Wildman–Crippen MR) is 104 cm³/mol. The number of rotatable bonds is 3. The molecule has 4 rings (SSSR count). The van der Waals surface area contributed by atoms with E-state index in [9.17, 15) is 0 Å². The van der Waals surface area contributed by atoms with Crippen molar-refractivity contribution >= 4 is 15.9 Å². The minimum atomic E-state index is 0.261. The van der Waals surface area contributed by atoms with Crippen LogP contribution in [0.5, 0.6) is 11.5 Å². The average molecular weight is 395 g/mol. The highest BCUT2D eigenvalue weighted by atomic mass is 79.9. The van der Waals surface area contributed by atoms with E-state index >= 15 is 0 Å². The molecule has 0 saturated heterocycles. The van der Waals surface area contributed by atoms with Gasteiger partial charge in [0, 0.05) is 21.9 Å². The number of halogens is 1. The molecule has 2 nitrogen and oxygen atoms in total. The van der Waals surface area contributed by atoms with Crippen LogP contribution in [0, 0.1) is 0 Å². The van der Waals surface area contributed by atoms with Crippen molar-refractivity contribution in [2.75, 3.05) is 13.7 Å². The molecule has 3 aromatic carbocycles. The van der Waals surface area contributed by atoms with Crippen LogP contribution in [-0.4, -0.2) is 13.7 Å². The van der Waals surface area contributed by atoms with Crippen LogP contribution in [0.4, 0.5) is 0 Å². The van der Waals surface area contributed by atoms with E-state index in [2.05, 4.69) is 70.5 Å². The second kappa shape index (κ2) is 6.93. The SMILES string of the molecule is COc1ccc(C2c3ccccc3OCC2c2ccc(Br)cc2)cc1. The molecule has 25 heavy (non-hydrogen) atoms. The molecule has 0 amide bonds. The first-order valence-electron chi connectivity index (χ1n) is 8.37. The zero-order chi connectivity index (χ0) is 17.2. The summed E-state index contributed by atoms with van der Waals surface area (Å²) >= 11 is 3.53. The van der Waals surface area contributed by atoms with Crippen molar-refractivity contribution in [3.63, 3.8) is 0 Å². The summed E-state index contributed by atoms with van der Waals surface area (Å²) in [6.45, 7) is 0.676. The molecule has 2 atom stereocenters. The normalized spacial score (nSPS) is 19.0. The van der Waals surface area contributed by atoms with E-state index in [4.69, 9.17) is 9.47 Å². The third-order valence-corrected chi connectivity index (χ3v) is 5.38. The maximum absolute atomic E-state index is 6.08. The van der Waals surface area contributed by atoms with E-state index in [-0.39, 0.29) is 11.8 Å². The number of benzene rings is 3. The summed E-state index contributed by atoms with van der Waals surface area (Å²) in [5.74, 6) is 2.40. The van der Waals surface area contributed by atoms with Crippen LogP contribution in [-0.2, 0) is 0 Å². The molecule has 0 radical (unpaired) electrons. The Morgan fingerprint density at radius 3 is 2.28 bits per heavy atom. The lowest BCUT2D eigenvalue weighted by molar-refractivity contribution is 0.249. The zero-order valence-electron chi connectivity index (χ0n) is 14.0. The Morgan fingerprint density at radius 2 is 1.56 bits per heavy atom. The van der Waals surface area contributed by atoms with Crippen LogP contribution in [0.3, 0.4) is 0 Å². The maximum Gasteiger partial charge on any atom is 0.123 e. The standard InChI is InChI=1S/C22H19BrO2/c1-24-18-12-8-16(9-13-18)22-19-4-2-3-5-21(19)25-14-20(22)15-6-10-17(23)11-7-15/h2-13,20,22H,14H2,1H3. The van der Waals surface area contributed by atoms with Gasteiger partial charge in [-0.1, -0.05) is 58.4 Å². The van der Waals surface area contributed by atoms with Crippen molar-refractivity contribution in [3.8, 4) is 11.5 Å². The minimum absolute atomic E-state index is 0.261. The maximum atomic E-state index is 6.08. The Balaban J connectivity index is 1.81. The predicted octanol–water partition coefficient (Wildman–Crippen LogP) is 5.77. The Labute approximate surface area is 156 Å². The molecule has 0 saturated carbocycles. The van der Waals surface area contributed by atoms with E-state index in [1.165, 1.54) is 16.7 Å². The lowest BCUT2D eigenvalue weighted by Gasteiger charge is -2.34. The number of methoxy groups -OCH3 is 1. The highest BCUT2D eigenvalue weighted by molar-refractivity contribution is 9.10. The molecule has 1 heterocycles. The first kappa shape index (κ1) is 16.2. The Hall–Kier alpha value is -2.26. The summed E-state index contributed by atoms with van der Waals surface area (Å²) in [5.41, 5.74) is 3.81. The summed E-state index contributed by atoms with van der Waals surface area (Å²) in [5, 5.41) is 0. The highest BCUT2D eigenvalue weighted by Crippen LogP contribution is 2.46. The molecular formula is C22H19BrO2. The van der Waals surface area contributed by atoms with Gasteiger partial charge in [-0.25, -0.2) is 0 Å². The van der Waals surface area contributed by atoms with E-state index < -0.39 is 0 Å². The lowest BCUT2D eigenvalue weighted by atomic mass is 9.76. The van der Waals surface area contributed by atoms with Gasteiger partial charge in [-0.05, 0) is 41.5 Å². The fourth-order valence-corrected chi connectivity index (χ4v) is 3.85. The van der Waals surface area contributed by atoms with E-state index in [0.717, 1.165) is 16.0 Å². The van der Waals surface area contributed by atoms with E-state index in [1.807, 2.05) is 18.2 Å². The molecule has 0 spiro atoms. The van der Waals surface area contributed by atoms with Gasteiger partial charge < -0.3 is 9.47 Å². The smallest absolute Gasteiger partial charge is 0.123 e. The summed E-state index contributed by atoms with van der Waals surface area (Å²) in [6.07, 6.45) is 0. The van der Waals surface area contributed by atoms with Gasteiger partial charge in [-0.2, -0.15) is 0 Å². The molecule has 126 valence electrons. The first-order chi connectivity index (χ1) is 12.3. The summed E-state index contributed by atoms with van der Waals surface area (Å²) < 4.78 is 12.5. The van der Waals surface area contributed by atoms with Crippen molar-refractivity contribution in [1.82, 2.24) is 0 Å². The van der Waals surface area contributed by atoms with Crippen molar-refractivity contribution < 1.29 is 9.47 Å². The topological polar surface area (TPSA) is 18.5 Å². The fraction of sp³-hybridized carbons (Fsp3) is 0.182. The van der Waals surface area contributed by atoms with Crippen LogP contribution in [0.1, 0.15) is 28.5 Å². The van der Waals surface area contributed by atoms with E-state index in [0.29, 0.717) is 6.61 Å². The number of para-hydroxylation sites is 1. The number of fused-ring (bicyclic) bond motifs is 1. The second-order valence-electron chi connectivity index (χ2n) is 6.26. The van der Waals surface area contributed by atoms with Gasteiger partial charge in [-0.3, -0.25) is 0 Å². The van der Waals surface area contributed by atoms with Gasteiger partial charge >= 0.3 is 0 Å². The molecule has 0 aromatic heterocycles. The second-order valence-corrected chi connectivity index (χ2v) is 7.17. The number of hydrogen-bond donors (Lipinski definition) is 0. The number of hydrogen-bond acceptors (Lipinski definition) is 2. The summed E-state index contributed by atoms with van der Waals surface area (Å²) in [7, 11) is 1.70. The van der Waals surface area contributed by atoms with Crippen LogP contribution in [0.15, 0.2) is 77.3 Å². The van der Waals surface area contributed by atoms with Gasteiger partial charge in [0.2, 0.25) is 0 Å².